The maximum Gasteiger partial charge on any atom is 0.161 e. The van der Waals surface area contributed by atoms with Gasteiger partial charge in [0.25, 0.3) is 0 Å². The van der Waals surface area contributed by atoms with Crippen LogP contribution in [0.15, 0.2) is 12.1 Å². The highest BCUT2D eigenvalue weighted by Gasteiger charge is 2.24. The Kier molecular flexibility index (Phi) is 4.63. The normalized spacial score (nSPS) is 22.1. The summed E-state index contributed by atoms with van der Waals surface area (Å²) in [6.07, 6.45) is 2.87. The van der Waals surface area contributed by atoms with Crippen molar-refractivity contribution in [3.8, 4) is 11.5 Å². The van der Waals surface area contributed by atoms with Crippen LogP contribution in [0.25, 0.3) is 0 Å². The molecular weight excluding hydrogens is 270 g/mol. The molecule has 1 fully saturated rings. The molecule has 0 spiro atoms. The Bertz CT molecular complexity index is 485. The molecule has 21 heavy (non-hydrogen) atoms. The lowest BCUT2D eigenvalue weighted by Gasteiger charge is -2.28. The third-order valence-electron chi connectivity index (χ3n) is 4.19. The lowest BCUT2D eigenvalue weighted by Crippen LogP contribution is -2.30. The van der Waals surface area contributed by atoms with Crippen molar-refractivity contribution >= 4 is 0 Å². The largest absolute Gasteiger partial charge is 0.493 e. The zero-order valence-corrected chi connectivity index (χ0v) is 12.7. The Hall–Kier alpha value is -1.30. The first kappa shape index (κ1) is 14.6. The highest BCUT2D eigenvalue weighted by atomic mass is 16.7. The van der Waals surface area contributed by atoms with E-state index in [9.17, 15) is 0 Å². The van der Waals surface area contributed by atoms with Crippen molar-refractivity contribution in [3.63, 3.8) is 0 Å². The number of benzene rings is 1. The summed E-state index contributed by atoms with van der Waals surface area (Å²) < 4.78 is 21.9. The summed E-state index contributed by atoms with van der Waals surface area (Å²) in [5.41, 5.74) is 2.64. The summed E-state index contributed by atoms with van der Waals surface area (Å²) in [6.45, 7) is 2.41. The quantitative estimate of drug-likeness (QED) is 0.900. The second kappa shape index (κ2) is 6.64. The van der Waals surface area contributed by atoms with E-state index in [-0.39, 0.29) is 6.29 Å². The molecule has 0 bridgehead atoms. The minimum atomic E-state index is -0.0441. The van der Waals surface area contributed by atoms with Crippen LogP contribution >= 0.6 is 0 Å². The van der Waals surface area contributed by atoms with Gasteiger partial charge in [-0.1, -0.05) is 0 Å². The fourth-order valence-electron chi connectivity index (χ4n) is 3.10. The van der Waals surface area contributed by atoms with Crippen LogP contribution in [0.4, 0.5) is 0 Å². The predicted molar refractivity (Wildman–Crippen MR) is 78.9 cm³/mol. The minimum absolute atomic E-state index is 0.0441. The van der Waals surface area contributed by atoms with Crippen LogP contribution in [-0.4, -0.2) is 40.3 Å². The molecule has 2 aliphatic heterocycles. The van der Waals surface area contributed by atoms with E-state index in [4.69, 9.17) is 18.9 Å². The lowest BCUT2D eigenvalue weighted by molar-refractivity contribution is -0.0493. The maximum atomic E-state index is 5.52. The summed E-state index contributed by atoms with van der Waals surface area (Å²) in [6, 6.07) is 4.52. The van der Waals surface area contributed by atoms with Gasteiger partial charge in [0.05, 0.1) is 27.4 Å². The van der Waals surface area contributed by atoms with Crippen molar-refractivity contribution < 1.29 is 18.9 Å². The van der Waals surface area contributed by atoms with Crippen molar-refractivity contribution in [1.29, 1.82) is 0 Å². The van der Waals surface area contributed by atoms with E-state index < -0.39 is 0 Å². The zero-order chi connectivity index (χ0) is 14.7. The maximum absolute atomic E-state index is 5.52. The van der Waals surface area contributed by atoms with Gasteiger partial charge in [0.15, 0.2) is 17.8 Å². The van der Waals surface area contributed by atoms with Crippen LogP contribution in [0.1, 0.15) is 30.0 Å². The number of nitrogens with one attached hydrogen (secondary N) is 1. The summed E-state index contributed by atoms with van der Waals surface area (Å²) >= 11 is 0. The number of rotatable bonds is 5. The summed E-state index contributed by atoms with van der Waals surface area (Å²) in [4.78, 5) is 0. The molecule has 1 saturated heterocycles. The van der Waals surface area contributed by atoms with Crippen molar-refractivity contribution in [3.05, 3.63) is 23.3 Å². The highest BCUT2D eigenvalue weighted by molar-refractivity contribution is 5.49. The molecule has 5 nitrogen and oxygen atoms in total. The van der Waals surface area contributed by atoms with Gasteiger partial charge in [-0.15, -0.1) is 0 Å². The van der Waals surface area contributed by atoms with Crippen LogP contribution in [-0.2, 0) is 15.9 Å². The summed E-state index contributed by atoms with van der Waals surface area (Å²) in [5.74, 6) is 1.60. The lowest BCUT2D eigenvalue weighted by atomic mass is 9.91. The zero-order valence-electron chi connectivity index (χ0n) is 12.7. The van der Waals surface area contributed by atoms with E-state index in [1.54, 1.807) is 14.2 Å². The van der Waals surface area contributed by atoms with Gasteiger partial charge in [-0.2, -0.15) is 0 Å². The van der Waals surface area contributed by atoms with Gasteiger partial charge in [-0.3, -0.25) is 0 Å². The molecule has 5 heteroatoms. The van der Waals surface area contributed by atoms with E-state index in [0.717, 1.165) is 37.3 Å². The molecule has 1 atom stereocenters. The Morgan fingerprint density at radius 1 is 1.10 bits per heavy atom. The molecule has 0 aromatic heterocycles. The number of hydrogen-bond donors (Lipinski definition) is 1. The fraction of sp³-hybridized carbons (Fsp3) is 0.625. The molecule has 3 rings (SSSR count). The van der Waals surface area contributed by atoms with E-state index in [0.29, 0.717) is 19.3 Å². The standard InChI is InChI=1S/C16H23NO4/c1-18-14-9-11-5-6-17-13(12(11)10-15(14)19-2)3-4-16-20-7-8-21-16/h9-10,13,16-17H,3-8H2,1-2H3/t13-/m0/s1. The Labute approximate surface area is 125 Å². The van der Waals surface area contributed by atoms with E-state index in [1.165, 1.54) is 11.1 Å². The van der Waals surface area contributed by atoms with Gasteiger partial charge < -0.3 is 24.3 Å². The molecule has 0 saturated carbocycles. The van der Waals surface area contributed by atoms with E-state index in [2.05, 4.69) is 17.4 Å². The molecule has 2 heterocycles. The van der Waals surface area contributed by atoms with Crippen molar-refractivity contribution in [1.82, 2.24) is 5.32 Å². The van der Waals surface area contributed by atoms with Crippen molar-refractivity contribution in [2.24, 2.45) is 0 Å². The molecule has 0 aliphatic carbocycles. The molecule has 1 aromatic rings. The number of fused-ring (bicyclic) bond motifs is 1. The minimum Gasteiger partial charge on any atom is -0.493 e. The SMILES string of the molecule is COc1cc2c(cc1OC)[C@H](CCC1OCCO1)NCC2. The van der Waals surface area contributed by atoms with Gasteiger partial charge in [-0.05, 0) is 42.6 Å². The van der Waals surface area contributed by atoms with Crippen LogP contribution in [0.2, 0.25) is 0 Å². The average molecular weight is 293 g/mol. The first-order chi connectivity index (χ1) is 10.3. The average Bonchev–Trinajstić information content (AvgIpc) is 3.04. The molecule has 0 radical (unpaired) electrons. The van der Waals surface area contributed by atoms with E-state index >= 15 is 0 Å². The second-order valence-corrected chi connectivity index (χ2v) is 5.41. The van der Waals surface area contributed by atoms with Crippen LogP contribution in [0, 0.1) is 0 Å². The van der Waals surface area contributed by atoms with Crippen molar-refractivity contribution in [2.45, 2.75) is 31.6 Å². The topological polar surface area (TPSA) is 49.0 Å². The molecular formula is C16H23NO4. The molecule has 1 N–H and O–H groups in total. The summed E-state index contributed by atoms with van der Waals surface area (Å²) in [7, 11) is 3.35. The third kappa shape index (κ3) is 3.15. The van der Waals surface area contributed by atoms with Crippen molar-refractivity contribution in [2.75, 3.05) is 34.0 Å². The number of methoxy groups -OCH3 is 2. The van der Waals surface area contributed by atoms with Gasteiger partial charge in [0.1, 0.15) is 0 Å². The molecule has 1 aromatic carbocycles. The van der Waals surface area contributed by atoms with Crippen LogP contribution in [0.3, 0.4) is 0 Å². The van der Waals surface area contributed by atoms with Crippen LogP contribution < -0.4 is 14.8 Å². The second-order valence-electron chi connectivity index (χ2n) is 5.41. The smallest absolute Gasteiger partial charge is 0.161 e. The van der Waals surface area contributed by atoms with Gasteiger partial charge >= 0.3 is 0 Å². The van der Waals surface area contributed by atoms with E-state index in [1.807, 2.05) is 0 Å². The predicted octanol–water partition coefficient (Wildman–Crippen LogP) is 2.04. The third-order valence-corrected chi connectivity index (χ3v) is 4.19. The monoisotopic (exact) mass is 293 g/mol. The molecule has 116 valence electrons. The first-order valence-electron chi connectivity index (χ1n) is 7.53. The Morgan fingerprint density at radius 3 is 2.52 bits per heavy atom. The fourth-order valence-corrected chi connectivity index (χ4v) is 3.10. The molecule has 2 aliphatic rings. The Balaban J connectivity index is 1.76. The van der Waals surface area contributed by atoms with Gasteiger partial charge in [0, 0.05) is 12.5 Å². The number of ether oxygens (including phenoxy) is 4. The Morgan fingerprint density at radius 2 is 1.81 bits per heavy atom. The summed E-state index contributed by atoms with van der Waals surface area (Å²) in [5, 5.41) is 3.58. The molecule has 0 unspecified atom stereocenters. The van der Waals surface area contributed by atoms with Gasteiger partial charge in [0.2, 0.25) is 0 Å². The first-order valence-corrected chi connectivity index (χ1v) is 7.53. The molecule has 0 amide bonds. The van der Waals surface area contributed by atoms with Gasteiger partial charge in [-0.25, -0.2) is 0 Å². The number of hydrogen-bond acceptors (Lipinski definition) is 5. The highest BCUT2D eigenvalue weighted by Crippen LogP contribution is 2.36. The van der Waals surface area contributed by atoms with Crippen LogP contribution in [0.5, 0.6) is 11.5 Å².